The Kier molecular flexibility index (Phi) is 10.3. The molecule has 1 aromatic rings. The van der Waals surface area contributed by atoms with Crippen LogP contribution in [0.4, 0.5) is 4.39 Å². The van der Waals surface area contributed by atoms with E-state index in [4.69, 9.17) is 0 Å². The molecule has 0 unspecified atom stereocenters. The fraction of sp³-hybridized carbons (Fsp3) is 0.625. The molecule has 0 saturated heterocycles. The molecular formula is C24H33FO5. The molecule has 0 aromatic heterocycles. The first-order valence-electron chi connectivity index (χ1n) is 10.8. The highest BCUT2D eigenvalue weighted by molar-refractivity contribution is 5.68. The lowest BCUT2D eigenvalue weighted by Gasteiger charge is -2.24. The van der Waals surface area contributed by atoms with Crippen molar-refractivity contribution in [2.24, 2.45) is 11.8 Å². The minimum absolute atomic E-state index is 0.00710. The molecule has 2 rings (SSSR count). The average molecular weight is 421 g/mol. The lowest BCUT2D eigenvalue weighted by molar-refractivity contribution is -0.140. The fourth-order valence-corrected chi connectivity index (χ4v) is 4.23. The number of methoxy groups -OCH3 is 1. The standard InChI is InChI=1S/C24H33FO5/c1-30-24(29)11-5-3-2-4-9-19-20(23(28)16-22(19)27)15-14-18(26)13-12-17-8-6-7-10-21(17)25/h6-8,10,18-20,22-23,26-28H,2-5,9,11,14-16H2,1H3/t18-,19-,20-,22+,23+/m1/s1. The lowest BCUT2D eigenvalue weighted by Crippen LogP contribution is -2.23. The molecule has 30 heavy (non-hydrogen) atoms. The first kappa shape index (κ1) is 24.3. The zero-order valence-corrected chi connectivity index (χ0v) is 17.6. The predicted octanol–water partition coefficient (Wildman–Crippen LogP) is 3.19. The fourth-order valence-electron chi connectivity index (χ4n) is 4.23. The van der Waals surface area contributed by atoms with Gasteiger partial charge in [-0.05, 0) is 56.1 Å². The Balaban J connectivity index is 1.77. The second kappa shape index (κ2) is 12.7. The van der Waals surface area contributed by atoms with E-state index in [9.17, 15) is 24.5 Å². The number of ether oxygens (including phenoxy) is 1. The maximum Gasteiger partial charge on any atom is 0.305 e. The maximum atomic E-state index is 13.6. The number of halogens is 1. The number of esters is 1. The van der Waals surface area contributed by atoms with Crippen molar-refractivity contribution in [2.75, 3.05) is 7.11 Å². The third-order valence-electron chi connectivity index (χ3n) is 5.94. The Labute approximate surface area is 178 Å². The number of carbonyl (C=O) groups is 1. The summed E-state index contributed by atoms with van der Waals surface area (Å²) in [6.45, 7) is 0. The summed E-state index contributed by atoms with van der Waals surface area (Å²) in [4.78, 5) is 11.1. The van der Waals surface area contributed by atoms with E-state index in [1.807, 2.05) is 0 Å². The van der Waals surface area contributed by atoms with Crippen LogP contribution in [0.1, 0.15) is 63.4 Å². The van der Waals surface area contributed by atoms with Crippen molar-refractivity contribution in [3.8, 4) is 11.8 Å². The van der Waals surface area contributed by atoms with E-state index in [2.05, 4.69) is 16.6 Å². The molecule has 0 amide bonds. The minimum Gasteiger partial charge on any atom is -0.469 e. The third kappa shape index (κ3) is 7.71. The molecule has 0 aliphatic heterocycles. The first-order chi connectivity index (χ1) is 14.4. The number of aliphatic hydroxyl groups excluding tert-OH is 3. The number of hydrogen-bond acceptors (Lipinski definition) is 5. The molecule has 1 aliphatic carbocycles. The van der Waals surface area contributed by atoms with Gasteiger partial charge >= 0.3 is 5.97 Å². The van der Waals surface area contributed by atoms with E-state index >= 15 is 0 Å². The summed E-state index contributed by atoms with van der Waals surface area (Å²) in [6.07, 6.45) is 4.06. The molecule has 0 spiro atoms. The molecule has 5 nitrogen and oxygen atoms in total. The summed E-state index contributed by atoms with van der Waals surface area (Å²) in [7, 11) is 1.39. The highest BCUT2D eigenvalue weighted by atomic mass is 19.1. The zero-order chi connectivity index (χ0) is 21.9. The van der Waals surface area contributed by atoms with E-state index < -0.39 is 24.1 Å². The molecular weight excluding hydrogens is 387 g/mol. The molecule has 166 valence electrons. The van der Waals surface area contributed by atoms with Gasteiger partial charge in [-0.25, -0.2) is 4.39 Å². The Morgan fingerprint density at radius 2 is 1.80 bits per heavy atom. The van der Waals surface area contributed by atoms with Gasteiger partial charge in [-0.15, -0.1) is 0 Å². The van der Waals surface area contributed by atoms with Crippen LogP contribution in [-0.4, -0.2) is 46.7 Å². The SMILES string of the molecule is COC(=O)CCCCCC[C@@H]1[C@@H](CC[C@H](O)C#Cc2ccccc2F)[C@@H](O)C[C@@H]1O. The van der Waals surface area contributed by atoms with Gasteiger partial charge in [-0.1, -0.05) is 43.2 Å². The number of hydrogen-bond donors (Lipinski definition) is 3. The molecule has 1 fully saturated rings. The number of unbranched alkanes of at least 4 members (excludes halogenated alkanes) is 3. The summed E-state index contributed by atoms with van der Waals surface area (Å²) < 4.78 is 18.2. The van der Waals surface area contributed by atoms with Gasteiger partial charge in [0.1, 0.15) is 11.9 Å². The largest absolute Gasteiger partial charge is 0.469 e. The van der Waals surface area contributed by atoms with Crippen molar-refractivity contribution in [3.05, 3.63) is 35.6 Å². The van der Waals surface area contributed by atoms with Crippen molar-refractivity contribution in [1.82, 2.24) is 0 Å². The Morgan fingerprint density at radius 3 is 2.50 bits per heavy atom. The van der Waals surface area contributed by atoms with E-state index in [1.54, 1.807) is 18.2 Å². The van der Waals surface area contributed by atoms with E-state index in [0.29, 0.717) is 25.7 Å². The van der Waals surface area contributed by atoms with Crippen LogP contribution < -0.4 is 0 Å². The monoisotopic (exact) mass is 420 g/mol. The lowest BCUT2D eigenvalue weighted by atomic mass is 9.85. The third-order valence-corrected chi connectivity index (χ3v) is 5.94. The second-order valence-electron chi connectivity index (χ2n) is 8.07. The number of carbonyl (C=O) groups excluding carboxylic acids is 1. The van der Waals surface area contributed by atoms with Crippen molar-refractivity contribution >= 4 is 5.97 Å². The molecule has 1 aliphatic rings. The van der Waals surface area contributed by atoms with Gasteiger partial charge in [0.25, 0.3) is 0 Å². The van der Waals surface area contributed by atoms with Gasteiger partial charge in [0.15, 0.2) is 0 Å². The number of aliphatic hydroxyl groups is 3. The van der Waals surface area contributed by atoms with Crippen molar-refractivity contribution in [1.29, 1.82) is 0 Å². The van der Waals surface area contributed by atoms with Crippen molar-refractivity contribution < 1.29 is 29.2 Å². The summed E-state index contributed by atoms with van der Waals surface area (Å²) in [5.41, 5.74) is 0.248. The van der Waals surface area contributed by atoms with Gasteiger partial charge in [-0.3, -0.25) is 4.79 Å². The molecule has 0 heterocycles. The Hall–Kier alpha value is -1.94. The van der Waals surface area contributed by atoms with E-state index in [-0.39, 0.29) is 23.4 Å². The van der Waals surface area contributed by atoms with E-state index in [1.165, 1.54) is 13.2 Å². The molecule has 3 N–H and O–H groups in total. The van der Waals surface area contributed by atoms with Crippen LogP contribution in [0.2, 0.25) is 0 Å². The van der Waals surface area contributed by atoms with Crippen LogP contribution in [0.3, 0.4) is 0 Å². The summed E-state index contributed by atoms with van der Waals surface area (Å²) >= 11 is 0. The molecule has 0 radical (unpaired) electrons. The maximum absolute atomic E-state index is 13.6. The molecule has 6 heteroatoms. The molecule has 1 aromatic carbocycles. The van der Waals surface area contributed by atoms with Gasteiger partial charge in [0, 0.05) is 6.42 Å². The Morgan fingerprint density at radius 1 is 1.13 bits per heavy atom. The van der Waals surface area contributed by atoms with Crippen LogP contribution in [0.15, 0.2) is 24.3 Å². The number of rotatable bonds is 10. The van der Waals surface area contributed by atoms with Gasteiger partial charge < -0.3 is 20.1 Å². The van der Waals surface area contributed by atoms with Crippen molar-refractivity contribution in [3.63, 3.8) is 0 Å². The van der Waals surface area contributed by atoms with Crippen LogP contribution in [-0.2, 0) is 9.53 Å². The first-order valence-corrected chi connectivity index (χ1v) is 10.8. The molecule has 5 atom stereocenters. The molecule has 1 saturated carbocycles. The summed E-state index contributed by atoms with van der Waals surface area (Å²) in [5.74, 6) is 4.63. The quantitative estimate of drug-likeness (QED) is 0.307. The predicted molar refractivity (Wildman–Crippen MR) is 112 cm³/mol. The minimum atomic E-state index is -0.909. The zero-order valence-electron chi connectivity index (χ0n) is 17.6. The summed E-state index contributed by atoms with van der Waals surface area (Å²) in [6, 6.07) is 6.17. The van der Waals surface area contributed by atoms with Crippen LogP contribution >= 0.6 is 0 Å². The molecule has 0 bridgehead atoms. The van der Waals surface area contributed by atoms with Gasteiger partial charge in [0.2, 0.25) is 0 Å². The Bertz CT molecular complexity index is 726. The van der Waals surface area contributed by atoms with Crippen LogP contribution in [0.25, 0.3) is 0 Å². The van der Waals surface area contributed by atoms with Crippen molar-refractivity contribution in [2.45, 2.75) is 76.1 Å². The second-order valence-corrected chi connectivity index (χ2v) is 8.07. The number of benzene rings is 1. The van der Waals surface area contributed by atoms with Gasteiger partial charge in [-0.2, -0.15) is 0 Å². The topological polar surface area (TPSA) is 87.0 Å². The van der Waals surface area contributed by atoms with Crippen LogP contribution in [0, 0.1) is 29.5 Å². The smallest absolute Gasteiger partial charge is 0.305 e. The average Bonchev–Trinajstić information content (AvgIpc) is 3.00. The van der Waals surface area contributed by atoms with E-state index in [0.717, 1.165) is 32.1 Å². The van der Waals surface area contributed by atoms with Crippen LogP contribution in [0.5, 0.6) is 0 Å². The normalized spacial score (nSPS) is 24.2. The highest BCUT2D eigenvalue weighted by Crippen LogP contribution is 2.39. The summed E-state index contributed by atoms with van der Waals surface area (Å²) in [5, 5.41) is 30.8. The highest BCUT2D eigenvalue weighted by Gasteiger charge is 2.40. The van der Waals surface area contributed by atoms with Gasteiger partial charge in [0.05, 0.1) is 24.9 Å².